The molecule has 1 aromatic carbocycles. The summed E-state index contributed by atoms with van der Waals surface area (Å²) in [6, 6.07) is 4.39. The Morgan fingerprint density at radius 1 is 1.10 bits per heavy atom. The number of carboxylic acids is 1. The topological polar surface area (TPSA) is 77.5 Å². The number of aromatic carboxylic acids is 1. The summed E-state index contributed by atoms with van der Waals surface area (Å²) >= 11 is 0. The highest BCUT2D eigenvalue weighted by molar-refractivity contribution is 6.33. The fourth-order valence-electron chi connectivity index (χ4n) is 2.99. The third kappa shape index (κ3) is 2.05. The summed E-state index contributed by atoms with van der Waals surface area (Å²) in [4.78, 5) is 36.9. The van der Waals surface area contributed by atoms with Gasteiger partial charge in [0.15, 0.2) is 0 Å². The van der Waals surface area contributed by atoms with Crippen molar-refractivity contribution < 1.29 is 19.5 Å². The largest absolute Gasteiger partial charge is 0.545 e. The van der Waals surface area contributed by atoms with E-state index < -0.39 is 5.97 Å². The van der Waals surface area contributed by atoms with E-state index in [9.17, 15) is 19.5 Å². The lowest BCUT2D eigenvalue weighted by molar-refractivity contribution is -0.255. The van der Waals surface area contributed by atoms with Crippen LogP contribution in [-0.4, -0.2) is 17.8 Å². The molecule has 108 valence electrons. The number of imide groups is 1. The number of hydrogen-bond donors (Lipinski definition) is 0. The molecule has 0 saturated heterocycles. The number of anilines is 1. The maximum absolute atomic E-state index is 12.4. The molecule has 0 radical (unpaired) electrons. The summed E-state index contributed by atoms with van der Waals surface area (Å²) in [5, 5.41) is 10.9. The third-order valence-corrected chi connectivity index (χ3v) is 4.08. The van der Waals surface area contributed by atoms with Crippen LogP contribution in [0.4, 0.5) is 5.69 Å². The van der Waals surface area contributed by atoms with E-state index in [1.54, 1.807) is 13.0 Å². The lowest BCUT2D eigenvalue weighted by atomic mass is 9.93. The van der Waals surface area contributed by atoms with Crippen LogP contribution in [-0.2, 0) is 9.59 Å². The molecule has 0 bridgehead atoms. The standard InChI is InChI=1S/C16H15NO4/c1-9-8-10(6-7-11(9)16(20)21)17-14(18)12-4-2-3-5-13(12)15(17)19/h6-8H,2-5H2,1H3,(H,20,21)/p-1. The highest BCUT2D eigenvalue weighted by Gasteiger charge is 2.39. The van der Waals surface area contributed by atoms with Crippen LogP contribution < -0.4 is 10.0 Å². The van der Waals surface area contributed by atoms with E-state index >= 15 is 0 Å². The van der Waals surface area contributed by atoms with Gasteiger partial charge in [-0.15, -0.1) is 0 Å². The van der Waals surface area contributed by atoms with Crippen molar-refractivity contribution in [1.82, 2.24) is 0 Å². The van der Waals surface area contributed by atoms with Gasteiger partial charge in [0.1, 0.15) is 0 Å². The summed E-state index contributed by atoms with van der Waals surface area (Å²) in [6.45, 7) is 1.62. The molecule has 5 heteroatoms. The monoisotopic (exact) mass is 284 g/mol. The highest BCUT2D eigenvalue weighted by Crippen LogP contribution is 2.35. The number of carbonyl (C=O) groups excluding carboxylic acids is 3. The predicted molar refractivity (Wildman–Crippen MR) is 73.5 cm³/mol. The fourth-order valence-corrected chi connectivity index (χ4v) is 2.99. The zero-order valence-corrected chi connectivity index (χ0v) is 11.6. The third-order valence-electron chi connectivity index (χ3n) is 4.08. The smallest absolute Gasteiger partial charge is 0.261 e. The molecule has 1 aromatic rings. The minimum atomic E-state index is -1.27. The van der Waals surface area contributed by atoms with Crippen molar-refractivity contribution in [2.24, 2.45) is 0 Å². The molecule has 5 nitrogen and oxygen atoms in total. The molecule has 1 heterocycles. The first-order chi connectivity index (χ1) is 10.0. The molecule has 1 aliphatic heterocycles. The Labute approximate surface area is 121 Å². The molecule has 0 atom stereocenters. The number of aryl methyl sites for hydroxylation is 1. The normalized spacial score (nSPS) is 18.2. The molecule has 3 rings (SSSR count). The van der Waals surface area contributed by atoms with Crippen molar-refractivity contribution in [3.8, 4) is 0 Å². The zero-order chi connectivity index (χ0) is 15.1. The zero-order valence-electron chi connectivity index (χ0n) is 11.6. The van der Waals surface area contributed by atoms with Gasteiger partial charge in [-0.25, -0.2) is 4.90 Å². The number of nitrogens with zero attached hydrogens (tertiary/aromatic N) is 1. The van der Waals surface area contributed by atoms with Gasteiger partial charge >= 0.3 is 0 Å². The van der Waals surface area contributed by atoms with Crippen LogP contribution in [0, 0.1) is 6.92 Å². The summed E-state index contributed by atoms with van der Waals surface area (Å²) in [7, 11) is 0. The van der Waals surface area contributed by atoms with Gasteiger partial charge in [0.2, 0.25) is 0 Å². The lowest BCUT2D eigenvalue weighted by Gasteiger charge is -2.17. The van der Waals surface area contributed by atoms with Gasteiger partial charge in [-0.2, -0.15) is 0 Å². The summed E-state index contributed by atoms with van der Waals surface area (Å²) in [6.07, 6.45) is 3.14. The Morgan fingerprint density at radius 3 is 2.14 bits per heavy atom. The predicted octanol–water partition coefficient (Wildman–Crippen LogP) is 1.10. The first-order valence-electron chi connectivity index (χ1n) is 6.93. The molecule has 0 aromatic heterocycles. The first kappa shape index (κ1) is 13.5. The van der Waals surface area contributed by atoms with Gasteiger partial charge in [-0.1, -0.05) is 6.07 Å². The second-order valence-electron chi connectivity index (χ2n) is 5.40. The molecular weight excluding hydrogens is 270 g/mol. The van der Waals surface area contributed by atoms with Crippen molar-refractivity contribution in [3.05, 3.63) is 40.5 Å². The first-order valence-corrected chi connectivity index (χ1v) is 6.93. The number of amides is 2. The van der Waals surface area contributed by atoms with Crippen LogP contribution in [0.15, 0.2) is 29.3 Å². The quantitative estimate of drug-likeness (QED) is 0.762. The van der Waals surface area contributed by atoms with Crippen molar-refractivity contribution in [2.75, 3.05) is 4.90 Å². The summed E-state index contributed by atoms with van der Waals surface area (Å²) in [5.74, 6) is -1.80. The van der Waals surface area contributed by atoms with Gasteiger partial charge in [0, 0.05) is 16.7 Å². The van der Waals surface area contributed by atoms with Gasteiger partial charge in [0.25, 0.3) is 11.8 Å². The van der Waals surface area contributed by atoms with E-state index in [1.165, 1.54) is 12.1 Å². The van der Waals surface area contributed by atoms with Crippen molar-refractivity contribution in [1.29, 1.82) is 0 Å². The van der Waals surface area contributed by atoms with Crippen molar-refractivity contribution in [2.45, 2.75) is 32.6 Å². The minimum Gasteiger partial charge on any atom is -0.545 e. The Morgan fingerprint density at radius 2 is 1.67 bits per heavy atom. The summed E-state index contributed by atoms with van der Waals surface area (Å²) < 4.78 is 0. The van der Waals surface area contributed by atoms with Crippen LogP contribution >= 0.6 is 0 Å². The maximum Gasteiger partial charge on any atom is 0.261 e. The Bertz CT molecular complexity index is 674. The van der Waals surface area contributed by atoms with E-state index in [2.05, 4.69) is 0 Å². The average molecular weight is 284 g/mol. The van der Waals surface area contributed by atoms with Gasteiger partial charge < -0.3 is 9.90 Å². The molecule has 21 heavy (non-hydrogen) atoms. The molecule has 2 amide bonds. The van der Waals surface area contributed by atoms with Crippen LogP contribution in [0.25, 0.3) is 0 Å². The van der Waals surface area contributed by atoms with Gasteiger partial charge in [0.05, 0.1) is 11.7 Å². The highest BCUT2D eigenvalue weighted by atomic mass is 16.4. The Kier molecular flexibility index (Phi) is 3.12. The second-order valence-corrected chi connectivity index (χ2v) is 5.40. The van der Waals surface area contributed by atoms with E-state index in [0.29, 0.717) is 35.2 Å². The molecule has 0 unspecified atom stereocenters. The van der Waals surface area contributed by atoms with E-state index in [4.69, 9.17) is 0 Å². The van der Waals surface area contributed by atoms with Crippen LogP contribution in [0.3, 0.4) is 0 Å². The van der Waals surface area contributed by atoms with E-state index in [-0.39, 0.29) is 17.4 Å². The fraction of sp³-hybridized carbons (Fsp3) is 0.312. The Hall–Kier alpha value is -2.43. The number of benzene rings is 1. The second kappa shape index (κ2) is 4.84. The number of rotatable bonds is 2. The summed E-state index contributed by atoms with van der Waals surface area (Å²) in [5.41, 5.74) is 2.19. The molecule has 1 aliphatic carbocycles. The molecular formula is C16H14NO4-. The molecule has 2 aliphatic rings. The molecule has 0 fully saturated rings. The number of carbonyl (C=O) groups is 3. The van der Waals surface area contributed by atoms with Gasteiger partial charge in [-0.3, -0.25) is 9.59 Å². The average Bonchev–Trinajstić information content (AvgIpc) is 2.71. The number of hydrogen-bond acceptors (Lipinski definition) is 4. The molecule has 0 N–H and O–H groups in total. The van der Waals surface area contributed by atoms with Crippen molar-refractivity contribution in [3.63, 3.8) is 0 Å². The van der Waals surface area contributed by atoms with Crippen molar-refractivity contribution >= 4 is 23.5 Å². The number of carboxylic acid groups (broad SMARTS) is 1. The lowest BCUT2D eigenvalue weighted by Crippen LogP contribution is -2.32. The van der Waals surface area contributed by atoms with Crippen LogP contribution in [0.5, 0.6) is 0 Å². The molecule has 0 spiro atoms. The van der Waals surface area contributed by atoms with Gasteiger partial charge in [-0.05, 0) is 50.3 Å². The van der Waals surface area contributed by atoms with E-state index in [0.717, 1.165) is 17.7 Å². The Balaban J connectivity index is 1.99. The van der Waals surface area contributed by atoms with E-state index in [1.807, 2.05) is 0 Å². The minimum absolute atomic E-state index is 0.0653. The van der Waals surface area contributed by atoms with Crippen LogP contribution in [0.1, 0.15) is 41.6 Å². The molecule has 0 saturated carbocycles. The SMILES string of the molecule is Cc1cc(N2C(=O)C3=C(CCCC3)C2=O)ccc1C(=O)[O-]. The van der Waals surface area contributed by atoms with Crippen LogP contribution in [0.2, 0.25) is 0 Å². The maximum atomic E-state index is 12.4.